The van der Waals surface area contributed by atoms with Gasteiger partial charge in [-0.3, -0.25) is 9.89 Å². The second-order valence-corrected chi connectivity index (χ2v) is 6.54. The number of nitrogens with zero attached hydrogens (tertiary/aromatic N) is 2. The average Bonchev–Trinajstić information content (AvgIpc) is 2.67. The molecular weight excluding hydrogens is 240 g/mol. The Morgan fingerprint density at radius 3 is 2.37 bits per heavy atom. The monoisotopic (exact) mass is 264 g/mol. The zero-order chi connectivity index (χ0) is 14.2. The zero-order valence-electron chi connectivity index (χ0n) is 12.3. The van der Waals surface area contributed by atoms with Gasteiger partial charge in [0.05, 0.1) is 0 Å². The minimum absolute atomic E-state index is 0.0103. The number of aryl methyl sites for hydroxylation is 1. The summed E-state index contributed by atoms with van der Waals surface area (Å²) in [5.41, 5.74) is 7.36. The van der Waals surface area contributed by atoms with E-state index in [2.05, 4.69) is 31.0 Å². The predicted molar refractivity (Wildman–Crippen MR) is 75.8 cm³/mol. The highest BCUT2D eigenvalue weighted by Crippen LogP contribution is 2.34. The Hall–Kier alpha value is -1.52. The highest BCUT2D eigenvalue weighted by Gasteiger charge is 2.31. The molecule has 1 aromatic heterocycles. The largest absolute Gasteiger partial charge is 0.382 e. The van der Waals surface area contributed by atoms with Crippen LogP contribution in [0.3, 0.4) is 0 Å². The Bertz CT molecular complexity index is 445. The molecule has 1 aliphatic rings. The number of nitrogens with one attached hydrogen (secondary N) is 1. The van der Waals surface area contributed by atoms with Crippen LogP contribution in [0.1, 0.15) is 49.7 Å². The maximum absolute atomic E-state index is 12.4. The fourth-order valence-electron chi connectivity index (χ4n) is 2.82. The van der Waals surface area contributed by atoms with Crippen molar-refractivity contribution in [2.24, 2.45) is 11.3 Å². The first-order valence-electron chi connectivity index (χ1n) is 6.90. The van der Waals surface area contributed by atoms with E-state index >= 15 is 0 Å². The molecule has 1 aliphatic heterocycles. The van der Waals surface area contributed by atoms with Crippen molar-refractivity contribution in [1.82, 2.24) is 15.1 Å². The van der Waals surface area contributed by atoms with E-state index in [0.717, 1.165) is 31.6 Å². The molecule has 106 valence electrons. The number of hydrogen-bond acceptors (Lipinski definition) is 3. The van der Waals surface area contributed by atoms with E-state index in [9.17, 15) is 4.79 Å². The SMILES string of the molecule is Cc1[nH]nc(N)c1C(=O)N1CCC(C(C)(C)C)CC1. The van der Waals surface area contributed by atoms with Crippen molar-refractivity contribution < 1.29 is 4.79 Å². The van der Waals surface area contributed by atoms with Crippen LogP contribution in [0.4, 0.5) is 5.82 Å². The first-order valence-corrected chi connectivity index (χ1v) is 6.90. The van der Waals surface area contributed by atoms with Gasteiger partial charge in [0.1, 0.15) is 5.56 Å². The third-order valence-electron chi connectivity index (χ3n) is 4.20. The van der Waals surface area contributed by atoms with Crippen molar-refractivity contribution in [1.29, 1.82) is 0 Å². The fourth-order valence-corrected chi connectivity index (χ4v) is 2.82. The van der Waals surface area contributed by atoms with Crippen LogP contribution >= 0.6 is 0 Å². The van der Waals surface area contributed by atoms with Gasteiger partial charge in [-0.2, -0.15) is 5.10 Å². The number of piperidine rings is 1. The molecule has 0 atom stereocenters. The van der Waals surface area contributed by atoms with Crippen LogP contribution in [-0.2, 0) is 0 Å². The third kappa shape index (κ3) is 2.74. The lowest BCUT2D eigenvalue weighted by Gasteiger charge is -2.38. The van der Waals surface area contributed by atoms with E-state index in [1.165, 1.54) is 0 Å². The van der Waals surface area contributed by atoms with Crippen LogP contribution in [-0.4, -0.2) is 34.1 Å². The van der Waals surface area contributed by atoms with Gasteiger partial charge in [-0.1, -0.05) is 20.8 Å². The van der Waals surface area contributed by atoms with Crippen molar-refractivity contribution in [2.75, 3.05) is 18.8 Å². The lowest BCUT2D eigenvalue weighted by Crippen LogP contribution is -2.41. The first kappa shape index (κ1) is 13.9. The zero-order valence-corrected chi connectivity index (χ0v) is 12.3. The number of nitrogens with two attached hydrogens (primary N) is 1. The lowest BCUT2D eigenvalue weighted by atomic mass is 9.75. The van der Waals surface area contributed by atoms with Crippen molar-refractivity contribution >= 4 is 11.7 Å². The van der Waals surface area contributed by atoms with Gasteiger partial charge in [0.25, 0.3) is 5.91 Å². The van der Waals surface area contributed by atoms with Gasteiger partial charge in [-0.15, -0.1) is 0 Å². The van der Waals surface area contributed by atoms with Gasteiger partial charge >= 0.3 is 0 Å². The predicted octanol–water partition coefficient (Wildman–Crippen LogP) is 2.20. The molecule has 1 amide bonds. The number of nitrogen functional groups attached to an aromatic ring is 1. The maximum atomic E-state index is 12.4. The van der Waals surface area contributed by atoms with E-state index in [1.54, 1.807) is 0 Å². The van der Waals surface area contributed by atoms with E-state index in [1.807, 2.05) is 11.8 Å². The molecule has 3 N–H and O–H groups in total. The number of rotatable bonds is 1. The van der Waals surface area contributed by atoms with Crippen LogP contribution in [0, 0.1) is 18.3 Å². The number of aromatic nitrogens is 2. The molecule has 1 saturated heterocycles. The van der Waals surface area contributed by atoms with Crippen molar-refractivity contribution in [3.05, 3.63) is 11.3 Å². The number of anilines is 1. The van der Waals surface area contributed by atoms with Crippen LogP contribution < -0.4 is 5.73 Å². The molecule has 0 aromatic carbocycles. The molecule has 0 spiro atoms. The van der Waals surface area contributed by atoms with Gasteiger partial charge in [-0.25, -0.2) is 0 Å². The molecule has 0 unspecified atom stereocenters. The molecule has 2 rings (SSSR count). The summed E-state index contributed by atoms with van der Waals surface area (Å²) in [6, 6.07) is 0. The van der Waals surface area contributed by atoms with E-state index in [-0.39, 0.29) is 5.91 Å². The Morgan fingerprint density at radius 1 is 1.37 bits per heavy atom. The number of aromatic amines is 1. The van der Waals surface area contributed by atoms with Crippen molar-refractivity contribution in [2.45, 2.75) is 40.5 Å². The molecular formula is C14H24N4O. The third-order valence-corrected chi connectivity index (χ3v) is 4.20. The standard InChI is InChI=1S/C14H24N4O/c1-9-11(12(15)17-16-9)13(19)18-7-5-10(6-8-18)14(2,3)4/h10H,5-8H2,1-4H3,(H3,15,16,17). The molecule has 0 saturated carbocycles. The Labute approximate surface area is 114 Å². The molecule has 1 fully saturated rings. The number of carbonyl (C=O) groups excluding carboxylic acids is 1. The van der Waals surface area contributed by atoms with Gasteiger partial charge in [0.15, 0.2) is 5.82 Å². The van der Waals surface area contributed by atoms with E-state index in [4.69, 9.17) is 5.73 Å². The molecule has 5 nitrogen and oxygen atoms in total. The van der Waals surface area contributed by atoms with Gasteiger partial charge in [-0.05, 0) is 31.1 Å². The minimum Gasteiger partial charge on any atom is -0.382 e. The Morgan fingerprint density at radius 2 is 1.95 bits per heavy atom. The molecule has 5 heteroatoms. The summed E-state index contributed by atoms with van der Waals surface area (Å²) in [6.45, 7) is 10.3. The van der Waals surface area contributed by atoms with Crippen LogP contribution in [0.15, 0.2) is 0 Å². The summed E-state index contributed by atoms with van der Waals surface area (Å²) in [4.78, 5) is 14.3. The molecule has 1 aromatic rings. The van der Waals surface area contributed by atoms with E-state index < -0.39 is 0 Å². The van der Waals surface area contributed by atoms with Crippen LogP contribution in [0.5, 0.6) is 0 Å². The molecule has 2 heterocycles. The molecule has 0 radical (unpaired) electrons. The first-order chi connectivity index (χ1) is 8.80. The average molecular weight is 264 g/mol. The summed E-state index contributed by atoms with van der Waals surface area (Å²) in [6.07, 6.45) is 2.12. The summed E-state index contributed by atoms with van der Waals surface area (Å²) in [5.74, 6) is 0.996. The fraction of sp³-hybridized carbons (Fsp3) is 0.714. The van der Waals surface area contributed by atoms with Gasteiger partial charge in [0, 0.05) is 18.8 Å². The minimum atomic E-state index is 0.0103. The Balaban J connectivity index is 2.04. The highest BCUT2D eigenvalue weighted by molar-refractivity contribution is 5.99. The number of hydrogen-bond donors (Lipinski definition) is 2. The van der Waals surface area contributed by atoms with Gasteiger partial charge in [0.2, 0.25) is 0 Å². The second kappa shape index (κ2) is 4.87. The van der Waals surface area contributed by atoms with Gasteiger partial charge < -0.3 is 10.6 Å². The van der Waals surface area contributed by atoms with Crippen molar-refractivity contribution in [3.8, 4) is 0 Å². The number of amides is 1. The van der Waals surface area contributed by atoms with E-state index in [0.29, 0.717) is 22.7 Å². The van der Waals surface area contributed by atoms with Crippen LogP contribution in [0.2, 0.25) is 0 Å². The molecule has 0 aliphatic carbocycles. The van der Waals surface area contributed by atoms with Crippen LogP contribution in [0.25, 0.3) is 0 Å². The number of carbonyl (C=O) groups is 1. The molecule has 19 heavy (non-hydrogen) atoms. The number of likely N-dealkylation sites (tertiary alicyclic amines) is 1. The van der Waals surface area contributed by atoms with Crippen molar-refractivity contribution in [3.63, 3.8) is 0 Å². The summed E-state index contributed by atoms with van der Waals surface area (Å²) < 4.78 is 0. The molecule has 0 bridgehead atoms. The number of H-pyrrole nitrogens is 1. The second-order valence-electron chi connectivity index (χ2n) is 6.54. The summed E-state index contributed by atoms with van der Waals surface area (Å²) >= 11 is 0. The topological polar surface area (TPSA) is 75.0 Å². The quantitative estimate of drug-likeness (QED) is 0.816. The summed E-state index contributed by atoms with van der Waals surface area (Å²) in [7, 11) is 0. The lowest BCUT2D eigenvalue weighted by molar-refractivity contribution is 0.0609. The smallest absolute Gasteiger partial charge is 0.259 e. The summed E-state index contributed by atoms with van der Waals surface area (Å²) in [5, 5.41) is 6.66. The Kier molecular flexibility index (Phi) is 3.56. The highest BCUT2D eigenvalue weighted by atomic mass is 16.2. The maximum Gasteiger partial charge on any atom is 0.259 e. The normalized spacial score (nSPS) is 17.8.